The van der Waals surface area contributed by atoms with Crippen LogP contribution in [-0.4, -0.2) is 72.7 Å². The molecule has 8 nitrogen and oxygen atoms in total. The van der Waals surface area contributed by atoms with E-state index in [-0.39, 0.29) is 35.3 Å². The van der Waals surface area contributed by atoms with Gasteiger partial charge in [0.1, 0.15) is 16.7 Å². The van der Waals surface area contributed by atoms with Gasteiger partial charge in [0.25, 0.3) is 0 Å². The van der Waals surface area contributed by atoms with Crippen molar-refractivity contribution in [3.63, 3.8) is 0 Å². The highest BCUT2D eigenvalue weighted by molar-refractivity contribution is 7.89. The summed E-state index contributed by atoms with van der Waals surface area (Å²) in [5, 5.41) is 19.4. The Bertz CT molecular complexity index is 1380. The first-order valence-electron chi connectivity index (χ1n) is 12.6. The number of ether oxygens (including phenoxy) is 1. The predicted octanol–water partition coefficient (Wildman–Crippen LogP) is 3.95. The molecule has 0 amide bonds. The standard InChI is InChI=1S/C29H34N2O6S/c1-20-16-31(21(2)19-32)38(35,36)28-14-13-23(22-9-5-4-6-10-22)15-26(28)37-27(20)18-30(3)17-24-11-7-8-12-25(24)29(33)34/h4-15,20-21,27,32H,16-19H2,1-3H3,(H,33,34)/t20-,21+,27+/m1/s1. The third kappa shape index (κ3) is 5.91. The van der Waals surface area contributed by atoms with Gasteiger partial charge in [0.05, 0.1) is 12.2 Å². The summed E-state index contributed by atoms with van der Waals surface area (Å²) in [6.07, 6.45) is -0.398. The van der Waals surface area contributed by atoms with Crippen LogP contribution in [0, 0.1) is 5.92 Å². The van der Waals surface area contributed by atoms with Crippen LogP contribution < -0.4 is 4.74 Å². The predicted molar refractivity (Wildman–Crippen MR) is 146 cm³/mol. The van der Waals surface area contributed by atoms with Gasteiger partial charge in [-0.1, -0.05) is 61.5 Å². The molecule has 9 heteroatoms. The van der Waals surface area contributed by atoms with Crippen molar-refractivity contribution in [2.24, 2.45) is 5.92 Å². The summed E-state index contributed by atoms with van der Waals surface area (Å²) < 4.78 is 35.2. The number of nitrogens with zero attached hydrogens (tertiary/aromatic N) is 2. The quantitative estimate of drug-likeness (QED) is 0.447. The van der Waals surface area contributed by atoms with E-state index in [2.05, 4.69) is 0 Å². The lowest BCUT2D eigenvalue weighted by molar-refractivity contribution is 0.0686. The van der Waals surface area contributed by atoms with Crippen LogP contribution >= 0.6 is 0 Å². The number of hydrogen-bond donors (Lipinski definition) is 2. The molecule has 1 aliphatic heterocycles. The molecule has 0 radical (unpaired) electrons. The average Bonchev–Trinajstić information content (AvgIpc) is 2.90. The van der Waals surface area contributed by atoms with Crippen molar-refractivity contribution in [2.75, 3.05) is 26.7 Å². The average molecular weight is 539 g/mol. The molecule has 0 aromatic heterocycles. The van der Waals surface area contributed by atoms with Gasteiger partial charge in [0.15, 0.2) is 0 Å². The number of carboxylic acids is 1. The van der Waals surface area contributed by atoms with Gasteiger partial charge in [0, 0.05) is 31.6 Å². The summed E-state index contributed by atoms with van der Waals surface area (Å²) in [5.74, 6) is -0.937. The van der Waals surface area contributed by atoms with Gasteiger partial charge in [-0.05, 0) is 48.9 Å². The van der Waals surface area contributed by atoms with Gasteiger partial charge >= 0.3 is 5.97 Å². The normalized spacial score (nSPS) is 20.1. The SMILES string of the molecule is C[C@@H]1CN([C@@H](C)CO)S(=O)(=O)c2ccc(-c3ccccc3)cc2O[C@H]1CN(C)Cc1ccccc1C(=O)O. The molecule has 4 rings (SSSR count). The third-order valence-electron chi connectivity index (χ3n) is 6.95. The highest BCUT2D eigenvalue weighted by atomic mass is 32.2. The minimum atomic E-state index is -3.93. The lowest BCUT2D eigenvalue weighted by Crippen LogP contribution is -2.49. The van der Waals surface area contributed by atoms with Crippen molar-refractivity contribution in [3.8, 4) is 16.9 Å². The summed E-state index contributed by atoms with van der Waals surface area (Å²) in [7, 11) is -2.04. The van der Waals surface area contributed by atoms with E-state index in [1.807, 2.05) is 55.3 Å². The van der Waals surface area contributed by atoms with Gasteiger partial charge in [-0.3, -0.25) is 4.90 Å². The molecule has 3 aromatic rings. The Kier molecular flexibility index (Phi) is 8.52. The molecule has 38 heavy (non-hydrogen) atoms. The maximum Gasteiger partial charge on any atom is 0.336 e. The lowest BCUT2D eigenvalue weighted by Gasteiger charge is -2.37. The van der Waals surface area contributed by atoms with Crippen LogP contribution in [0.2, 0.25) is 0 Å². The molecule has 0 unspecified atom stereocenters. The van der Waals surface area contributed by atoms with Crippen LogP contribution in [0.5, 0.6) is 5.75 Å². The second-order valence-corrected chi connectivity index (χ2v) is 11.8. The molecule has 0 saturated carbocycles. The Morgan fingerprint density at radius 3 is 2.45 bits per heavy atom. The van der Waals surface area contributed by atoms with Gasteiger partial charge in [-0.25, -0.2) is 13.2 Å². The number of aromatic carboxylic acids is 1. The first-order valence-corrected chi connectivity index (χ1v) is 14.0. The number of rotatable bonds is 8. The number of fused-ring (bicyclic) bond motifs is 1. The summed E-state index contributed by atoms with van der Waals surface area (Å²) in [6, 6.07) is 21.0. The second kappa shape index (κ2) is 11.7. The number of aliphatic hydroxyl groups excluding tert-OH is 1. The van der Waals surface area contributed by atoms with Crippen LogP contribution in [0.4, 0.5) is 0 Å². The molecule has 0 aliphatic carbocycles. The molecule has 0 saturated heterocycles. The van der Waals surface area contributed by atoms with E-state index in [1.165, 1.54) is 4.31 Å². The first kappa shape index (κ1) is 27.8. The molecule has 2 N–H and O–H groups in total. The second-order valence-electron chi connectivity index (χ2n) is 9.93. The molecular formula is C29H34N2O6S. The molecule has 3 atom stereocenters. The summed E-state index contributed by atoms with van der Waals surface area (Å²) in [6.45, 7) is 4.32. The van der Waals surface area contributed by atoms with Gasteiger partial charge in [0.2, 0.25) is 10.0 Å². The Morgan fingerprint density at radius 2 is 1.76 bits per heavy atom. The van der Waals surface area contributed by atoms with Crippen molar-refractivity contribution in [1.29, 1.82) is 0 Å². The zero-order valence-corrected chi connectivity index (χ0v) is 22.6. The number of carboxylic acid groups (broad SMARTS) is 1. The molecule has 202 valence electrons. The molecule has 1 aliphatic rings. The van der Waals surface area contributed by atoms with Crippen LogP contribution in [0.15, 0.2) is 77.7 Å². The fourth-order valence-corrected chi connectivity index (χ4v) is 6.61. The smallest absolute Gasteiger partial charge is 0.336 e. The third-order valence-corrected chi connectivity index (χ3v) is 8.97. The fourth-order valence-electron chi connectivity index (χ4n) is 4.78. The lowest BCUT2D eigenvalue weighted by atomic mass is 10.0. The highest BCUT2D eigenvalue weighted by Crippen LogP contribution is 2.36. The molecule has 1 heterocycles. The number of hydrogen-bond acceptors (Lipinski definition) is 6. The number of benzene rings is 3. The molecular weight excluding hydrogens is 504 g/mol. The summed E-state index contributed by atoms with van der Waals surface area (Å²) in [4.78, 5) is 13.7. The van der Waals surface area contributed by atoms with E-state index in [9.17, 15) is 23.4 Å². The van der Waals surface area contributed by atoms with Crippen LogP contribution in [0.3, 0.4) is 0 Å². The zero-order chi connectivity index (χ0) is 27.4. The molecule has 0 spiro atoms. The maximum absolute atomic E-state index is 13.7. The summed E-state index contributed by atoms with van der Waals surface area (Å²) in [5.41, 5.74) is 2.70. The van der Waals surface area contributed by atoms with E-state index in [0.717, 1.165) is 11.1 Å². The Balaban J connectivity index is 1.71. The van der Waals surface area contributed by atoms with E-state index in [1.54, 1.807) is 43.3 Å². The molecule has 0 bridgehead atoms. The van der Waals surface area contributed by atoms with Gasteiger partial charge in [-0.15, -0.1) is 0 Å². The van der Waals surface area contributed by atoms with Crippen LogP contribution in [0.1, 0.15) is 29.8 Å². The fraction of sp³-hybridized carbons (Fsp3) is 0.345. The number of sulfonamides is 1. The Morgan fingerprint density at radius 1 is 1.08 bits per heavy atom. The van der Waals surface area contributed by atoms with E-state index < -0.39 is 28.1 Å². The van der Waals surface area contributed by atoms with E-state index in [4.69, 9.17) is 4.74 Å². The van der Waals surface area contributed by atoms with Gasteiger partial charge in [-0.2, -0.15) is 4.31 Å². The minimum Gasteiger partial charge on any atom is -0.487 e. The van der Waals surface area contributed by atoms with Crippen LogP contribution in [0.25, 0.3) is 11.1 Å². The van der Waals surface area contributed by atoms with Crippen LogP contribution in [-0.2, 0) is 16.6 Å². The minimum absolute atomic E-state index is 0.0632. The van der Waals surface area contributed by atoms with Crippen molar-refractivity contribution in [1.82, 2.24) is 9.21 Å². The Hall–Kier alpha value is -3.24. The van der Waals surface area contributed by atoms with E-state index >= 15 is 0 Å². The van der Waals surface area contributed by atoms with Crippen molar-refractivity contribution < 1.29 is 28.2 Å². The largest absolute Gasteiger partial charge is 0.487 e. The highest BCUT2D eigenvalue weighted by Gasteiger charge is 2.38. The van der Waals surface area contributed by atoms with Crippen molar-refractivity contribution >= 4 is 16.0 Å². The monoisotopic (exact) mass is 538 g/mol. The maximum atomic E-state index is 13.7. The number of carbonyl (C=O) groups is 1. The topological polar surface area (TPSA) is 107 Å². The summed E-state index contributed by atoms with van der Waals surface area (Å²) >= 11 is 0. The van der Waals surface area contributed by atoms with Crippen molar-refractivity contribution in [2.45, 2.75) is 37.4 Å². The number of likely N-dealkylation sites (N-methyl/N-ethyl adjacent to an activating group) is 1. The first-order chi connectivity index (χ1) is 18.1. The number of aliphatic hydroxyl groups is 1. The van der Waals surface area contributed by atoms with Crippen molar-refractivity contribution in [3.05, 3.63) is 83.9 Å². The van der Waals surface area contributed by atoms with Gasteiger partial charge < -0.3 is 14.9 Å². The molecule has 0 fully saturated rings. The zero-order valence-electron chi connectivity index (χ0n) is 21.8. The van der Waals surface area contributed by atoms with E-state index in [0.29, 0.717) is 18.7 Å². The molecule has 3 aromatic carbocycles. The Labute approximate surface area is 224 Å².